The number of carbonyl (C=O) groups excluding carboxylic acids is 2. The summed E-state index contributed by atoms with van der Waals surface area (Å²) in [5.41, 5.74) is 11.5. The van der Waals surface area contributed by atoms with Gasteiger partial charge in [-0.15, -0.1) is 0 Å². The fourth-order valence-corrected chi connectivity index (χ4v) is 6.01. The van der Waals surface area contributed by atoms with Crippen LogP contribution in [0.15, 0.2) is 60.9 Å². The molecule has 8 nitrogen and oxygen atoms in total. The zero-order valence-corrected chi connectivity index (χ0v) is 23.0. The Kier molecular flexibility index (Phi) is 6.44. The van der Waals surface area contributed by atoms with Gasteiger partial charge in [-0.1, -0.05) is 24.3 Å². The number of pyridine rings is 1. The second kappa shape index (κ2) is 9.97. The van der Waals surface area contributed by atoms with Crippen LogP contribution in [0.5, 0.6) is 0 Å². The van der Waals surface area contributed by atoms with Crippen molar-refractivity contribution in [3.05, 3.63) is 83.4 Å². The van der Waals surface area contributed by atoms with E-state index in [4.69, 9.17) is 10.7 Å². The third-order valence-corrected chi connectivity index (χ3v) is 8.30. The molecule has 2 aromatic heterocycles. The largest absolute Gasteiger partial charge is 0.375 e. The quantitative estimate of drug-likeness (QED) is 0.409. The summed E-state index contributed by atoms with van der Waals surface area (Å²) in [4.78, 5) is 35.9. The van der Waals surface area contributed by atoms with Crippen LogP contribution in [0.4, 0.5) is 15.8 Å². The number of hydrogen-bond donors (Lipinski definition) is 1. The molecule has 206 valence electrons. The molecule has 9 heteroatoms. The van der Waals surface area contributed by atoms with Crippen molar-refractivity contribution < 1.29 is 14.0 Å². The molecule has 2 amide bonds. The van der Waals surface area contributed by atoms with Crippen molar-refractivity contribution >= 4 is 28.8 Å². The molecular formula is C31H33FN6O2. The molecule has 1 fully saturated rings. The van der Waals surface area contributed by atoms with Gasteiger partial charge in [0.2, 0.25) is 5.91 Å². The molecule has 4 aromatic rings. The number of carbonyl (C=O) groups is 2. The highest BCUT2D eigenvalue weighted by Crippen LogP contribution is 2.34. The smallest absolute Gasteiger partial charge is 0.255 e. The summed E-state index contributed by atoms with van der Waals surface area (Å²) >= 11 is 0. The van der Waals surface area contributed by atoms with Crippen molar-refractivity contribution in [3.63, 3.8) is 0 Å². The molecule has 2 aliphatic rings. The van der Waals surface area contributed by atoms with Gasteiger partial charge in [-0.05, 0) is 55.2 Å². The van der Waals surface area contributed by atoms with Gasteiger partial charge in [0.05, 0.1) is 28.9 Å². The van der Waals surface area contributed by atoms with Crippen LogP contribution in [0, 0.1) is 11.7 Å². The number of nitrogens with two attached hydrogens (primary N) is 1. The molecule has 2 aliphatic heterocycles. The summed E-state index contributed by atoms with van der Waals surface area (Å²) in [6, 6.07) is 15.2. The van der Waals surface area contributed by atoms with Crippen LogP contribution in [0.1, 0.15) is 40.9 Å². The van der Waals surface area contributed by atoms with E-state index in [1.54, 1.807) is 18.5 Å². The van der Waals surface area contributed by atoms with Crippen LogP contribution in [0.3, 0.4) is 0 Å². The Bertz CT molecular complexity index is 1630. The molecule has 1 saturated heterocycles. The van der Waals surface area contributed by atoms with Crippen molar-refractivity contribution in [1.29, 1.82) is 0 Å². The predicted octanol–water partition coefficient (Wildman–Crippen LogP) is 4.28. The first-order valence-corrected chi connectivity index (χ1v) is 13.6. The van der Waals surface area contributed by atoms with Gasteiger partial charge in [0.15, 0.2) is 5.65 Å². The van der Waals surface area contributed by atoms with E-state index < -0.39 is 5.82 Å². The molecule has 4 heterocycles. The zero-order chi connectivity index (χ0) is 28.1. The number of anilines is 2. The first kappa shape index (κ1) is 25.9. The van der Waals surface area contributed by atoms with Gasteiger partial charge in [-0.3, -0.25) is 9.59 Å². The molecule has 0 unspecified atom stereocenters. The predicted molar refractivity (Wildman–Crippen MR) is 154 cm³/mol. The third-order valence-electron chi connectivity index (χ3n) is 8.30. The number of halogens is 1. The highest BCUT2D eigenvalue weighted by atomic mass is 19.1. The van der Waals surface area contributed by atoms with Gasteiger partial charge >= 0.3 is 0 Å². The van der Waals surface area contributed by atoms with Crippen LogP contribution in [-0.2, 0) is 11.2 Å². The molecule has 0 spiro atoms. The van der Waals surface area contributed by atoms with Gasteiger partial charge in [-0.25, -0.2) is 9.37 Å². The lowest BCUT2D eigenvalue weighted by Gasteiger charge is -2.35. The number of nitrogens with zero attached hydrogens (tertiary/aromatic N) is 5. The second-order valence-electron chi connectivity index (χ2n) is 11.0. The van der Waals surface area contributed by atoms with E-state index in [0.29, 0.717) is 54.2 Å². The van der Waals surface area contributed by atoms with E-state index in [0.717, 1.165) is 12.1 Å². The monoisotopic (exact) mass is 540 g/mol. The Hall–Kier alpha value is -4.40. The molecule has 40 heavy (non-hydrogen) atoms. The minimum Gasteiger partial charge on any atom is -0.375 e. The highest BCUT2D eigenvalue weighted by molar-refractivity contribution is 5.96. The summed E-state index contributed by atoms with van der Waals surface area (Å²) in [5.74, 6) is -0.979. The van der Waals surface area contributed by atoms with Crippen LogP contribution in [0.25, 0.3) is 16.9 Å². The van der Waals surface area contributed by atoms with Crippen molar-refractivity contribution in [2.75, 3.05) is 43.5 Å². The van der Waals surface area contributed by atoms with Crippen molar-refractivity contribution in [1.82, 2.24) is 14.3 Å². The molecule has 2 aromatic carbocycles. The van der Waals surface area contributed by atoms with E-state index in [9.17, 15) is 9.59 Å². The van der Waals surface area contributed by atoms with Gasteiger partial charge in [0.1, 0.15) is 5.82 Å². The molecule has 6 rings (SSSR count). The minimum atomic E-state index is -0.396. The number of hydrogen-bond acceptors (Lipinski definition) is 5. The standard InChI is InChI=1S/C31H33FN6O2/c1-19-24-7-5-4-6-20(24)11-13-38(19)31(40)22-14-28(35(2)3)30-34-27(18-37(30)17-22)25-9-8-23(15-26(25)32)36-12-10-21(16-36)29(33)39/h4-9,14-15,17-19,21H,10-13,16H2,1-3H3,(H2,33,39)/t19-,21+/m1/s1. The Labute approximate surface area is 232 Å². The summed E-state index contributed by atoms with van der Waals surface area (Å²) in [6.07, 6.45) is 5.04. The van der Waals surface area contributed by atoms with Crippen LogP contribution in [-0.4, -0.2) is 59.8 Å². The summed E-state index contributed by atoms with van der Waals surface area (Å²) < 4.78 is 17.2. The van der Waals surface area contributed by atoms with E-state index in [-0.39, 0.29) is 23.8 Å². The highest BCUT2D eigenvalue weighted by Gasteiger charge is 2.30. The topological polar surface area (TPSA) is 87.2 Å². The number of fused-ring (bicyclic) bond motifs is 2. The number of aromatic nitrogens is 2. The fourth-order valence-electron chi connectivity index (χ4n) is 6.01. The van der Waals surface area contributed by atoms with E-state index in [2.05, 4.69) is 19.1 Å². The number of amides is 2. The molecule has 0 radical (unpaired) electrons. The van der Waals surface area contributed by atoms with Gasteiger partial charge in [0.25, 0.3) is 5.91 Å². The van der Waals surface area contributed by atoms with Gasteiger partial charge < -0.3 is 24.8 Å². The summed E-state index contributed by atoms with van der Waals surface area (Å²) in [6.45, 7) is 3.87. The van der Waals surface area contributed by atoms with Crippen molar-refractivity contribution in [3.8, 4) is 11.3 Å². The maximum absolute atomic E-state index is 15.4. The SMILES string of the molecule is C[C@@H]1c2ccccc2CCN1C(=O)c1cc(N(C)C)c2nc(-c3ccc(N4CC[C@H](C(N)=O)C4)cc3F)cn2c1. The minimum absolute atomic E-state index is 0.0317. The van der Waals surface area contributed by atoms with E-state index >= 15 is 4.39 Å². The van der Waals surface area contributed by atoms with Gasteiger partial charge in [-0.2, -0.15) is 0 Å². The zero-order valence-electron chi connectivity index (χ0n) is 23.0. The maximum atomic E-state index is 15.4. The number of rotatable bonds is 5. The summed E-state index contributed by atoms with van der Waals surface area (Å²) in [5, 5.41) is 0. The lowest BCUT2D eigenvalue weighted by molar-refractivity contribution is -0.121. The Morgan fingerprint density at radius 1 is 1.07 bits per heavy atom. The Morgan fingerprint density at radius 3 is 2.60 bits per heavy atom. The first-order chi connectivity index (χ1) is 19.2. The lowest BCUT2D eigenvalue weighted by Crippen LogP contribution is -2.39. The Morgan fingerprint density at radius 2 is 1.88 bits per heavy atom. The third kappa shape index (κ3) is 4.45. The molecular weight excluding hydrogens is 507 g/mol. The molecule has 2 atom stereocenters. The normalized spacial score (nSPS) is 18.7. The van der Waals surface area contributed by atoms with Crippen LogP contribution < -0.4 is 15.5 Å². The molecule has 0 saturated carbocycles. The van der Waals surface area contributed by atoms with E-state index in [1.165, 1.54) is 17.2 Å². The van der Waals surface area contributed by atoms with Crippen LogP contribution >= 0.6 is 0 Å². The molecule has 2 N–H and O–H groups in total. The fraction of sp³-hybridized carbons (Fsp3) is 0.323. The second-order valence-corrected chi connectivity index (χ2v) is 11.0. The summed E-state index contributed by atoms with van der Waals surface area (Å²) in [7, 11) is 3.81. The average molecular weight is 541 g/mol. The molecule has 0 bridgehead atoms. The average Bonchev–Trinajstić information content (AvgIpc) is 3.60. The lowest BCUT2D eigenvalue weighted by atomic mass is 9.93. The Balaban J connectivity index is 1.32. The first-order valence-electron chi connectivity index (χ1n) is 13.6. The number of primary amides is 1. The van der Waals surface area contributed by atoms with Crippen LogP contribution in [0.2, 0.25) is 0 Å². The molecule has 0 aliphatic carbocycles. The van der Waals surface area contributed by atoms with Gasteiger partial charge in [0, 0.05) is 57.4 Å². The maximum Gasteiger partial charge on any atom is 0.255 e. The number of imidazole rings is 1. The van der Waals surface area contributed by atoms with E-state index in [1.807, 2.05) is 57.5 Å². The van der Waals surface area contributed by atoms with Crippen molar-refractivity contribution in [2.24, 2.45) is 11.7 Å². The number of benzene rings is 2. The van der Waals surface area contributed by atoms with Crippen molar-refractivity contribution in [2.45, 2.75) is 25.8 Å².